The lowest BCUT2D eigenvalue weighted by atomic mass is 9.89. The van der Waals surface area contributed by atoms with Crippen LogP contribution in [0, 0.1) is 5.41 Å². The van der Waals surface area contributed by atoms with E-state index in [0.29, 0.717) is 19.6 Å². The van der Waals surface area contributed by atoms with E-state index in [0.717, 1.165) is 6.42 Å². The Morgan fingerprint density at radius 3 is 2.10 bits per heavy atom. The zero-order valence-electron chi connectivity index (χ0n) is 13.6. The van der Waals surface area contributed by atoms with Crippen molar-refractivity contribution >= 4 is 17.9 Å². The number of carboxylic acids is 1. The number of rotatable bonds is 8. The lowest BCUT2D eigenvalue weighted by Gasteiger charge is -2.24. The molecule has 0 radical (unpaired) electrons. The fourth-order valence-corrected chi connectivity index (χ4v) is 1.63. The summed E-state index contributed by atoms with van der Waals surface area (Å²) in [6.45, 7) is 6.62. The van der Waals surface area contributed by atoms with Crippen LogP contribution in [0.2, 0.25) is 0 Å². The summed E-state index contributed by atoms with van der Waals surface area (Å²) in [5.41, 5.74) is -1.19. The van der Waals surface area contributed by atoms with Gasteiger partial charge in [-0.05, 0) is 34.4 Å². The van der Waals surface area contributed by atoms with Crippen molar-refractivity contribution in [2.24, 2.45) is 5.41 Å². The van der Waals surface area contributed by atoms with E-state index < -0.39 is 23.3 Å². The van der Waals surface area contributed by atoms with Gasteiger partial charge in [-0.15, -0.1) is 0 Å². The summed E-state index contributed by atoms with van der Waals surface area (Å²) in [6, 6.07) is -0.468. The van der Waals surface area contributed by atoms with Crippen LogP contribution in [0.25, 0.3) is 0 Å². The Balaban J connectivity index is 4.53. The molecule has 3 amide bonds. The lowest BCUT2D eigenvalue weighted by Crippen LogP contribution is -2.46. The minimum atomic E-state index is -1.19. The number of carboxylic acid groups (broad SMARTS) is 1. The Labute approximate surface area is 126 Å². The number of nitrogens with one attached hydrogen (secondary N) is 1. The lowest BCUT2D eigenvalue weighted by molar-refractivity contribution is -0.149. The summed E-state index contributed by atoms with van der Waals surface area (Å²) in [6.07, 6.45) is 0.553. The maximum atomic E-state index is 12.0. The number of nitrogens with zero attached hydrogens (tertiary/aromatic N) is 2. The molecule has 0 atom stereocenters. The topological polar surface area (TPSA) is 90.0 Å². The molecule has 0 aliphatic rings. The quantitative estimate of drug-likeness (QED) is 0.698. The van der Waals surface area contributed by atoms with Crippen molar-refractivity contribution in [1.29, 1.82) is 0 Å². The fourth-order valence-electron chi connectivity index (χ4n) is 1.63. The summed E-state index contributed by atoms with van der Waals surface area (Å²) in [7, 11) is 3.81. The molecule has 0 bridgehead atoms. The van der Waals surface area contributed by atoms with E-state index in [1.807, 2.05) is 25.9 Å². The van der Waals surface area contributed by atoms with Gasteiger partial charge in [0.05, 0.1) is 5.41 Å². The van der Waals surface area contributed by atoms with Gasteiger partial charge >= 0.3 is 12.0 Å². The van der Waals surface area contributed by atoms with E-state index in [9.17, 15) is 14.4 Å². The standard InChI is InChI=1S/C14H27N3O4/c1-6-7-17(9-8-16(4)5)13(21)15-11(18)10-14(2,3)12(19)20/h6-10H2,1-5H3,(H,19,20)(H,15,18,21). The van der Waals surface area contributed by atoms with Crippen LogP contribution >= 0.6 is 0 Å². The molecule has 122 valence electrons. The van der Waals surface area contributed by atoms with Gasteiger partial charge in [-0.3, -0.25) is 14.9 Å². The molecule has 0 aromatic heterocycles. The van der Waals surface area contributed by atoms with Crippen molar-refractivity contribution in [3.63, 3.8) is 0 Å². The maximum absolute atomic E-state index is 12.0. The number of hydrogen-bond donors (Lipinski definition) is 2. The van der Waals surface area contributed by atoms with Gasteiger partial charge in [0.25, 0.3) is 0 Å². The first-order valence-electron chi connectivity index (χ1n) is 7.07. The maximum Gasteiger partial charge on any atom is 0.324 e. The van der Waals surface area contributed by atoms with Crippen molar-refractivity contribution in [2.45, 2.75) is 33.6 Å². The van der Waals surface area contributed by atoms with E-state index in [4.69, 9.17) is 5.11 Å². The van der Waals surface area contributed by atoms with E-state index in [1.165, 1.54) is 13.8 Å². The molecule has 0 saturated carbocycles. The zero-order chi connectivity index (χ0) is 16.6. The number of hydrogen-bond acceptors (Lipinski definition) is 4. The summed E-state index contributed by atoms with van der Waals surface area (Å²) < 4.78 is 0. The highest BCUT2D eigenvalue weighted by Crippen LogP contribution is 2.20. The molecule has 21 heavy (non-hydrogen) atoms. The number of carbonyl (C=O) groups is 3. The number of likely N-dealkylation sites (N-methyl/N-ethyl adjacent to an activating group) is 1. The molecule has 0 aliphatic carbocycles. The van der Waals surface area contributed by atoms with Crippen molar-refractivity contribution in [2.75, 3.05) is 33.7 Å². The Bertz CT molecular complexity index is 380. The van der Waals surface area contributed by atoms with Gasteiger partial charge in [-0.1, -0.05) is 6.92 Å². The molecule has 0 spiro atoms. The second kappa shape index (κ2) is 8.61. The molecule has 0 heterocycles. The average molecular weight is 301 g/mol. The molecule has 7 heteroatoms. The third-order valence-electron chi connectivity index (χ3n) is 3.03. The molecule has 0 fully saturated rings. The van der Waals surface area contributed by atoms with Gasteiger partial charge in [0.15, 0.2) is 0 Å². The average Bonchev–Trinajstić information content (AvgIpc) is 2.32. The summed E-state index contributed by atoms with van der Waals surface area (Å²) in [5, 5.41) is 11.2. The van der Waals surface area contributed by atoms with Crippen molar-refractivity contribution < 1.29 is 19.5 Å². The third kappa shape index (κ3) is 7.65. The Kier molecular flexibility index (Phi) is 7.94. The molecule has 0 aliphatic heterocycles. The Hall–Kier alpha value is -1.63. The van der Waals surface area contributed by atoms with Crippen molar-refractivity contribution in [3.05, 3.63) is 0 Å². The minimum absolute atomic E-state index is 0.234. The summed E-state index contributed by atoms with van der Waals surface area (Å²) in [5.74, 6) is -1.64. The van der Waals surface area contributed by atoms with Gasteiger partial charge in [-0.2, -0.15) is 0 Å². The van der Waals surface area contributed by atoms with E-state index in [-0.39, 0.29) is 6.42 Å². The molecule has 0 unspecified atom stereocenters. The normalized spacial score (nSPS) is 11.3. The highest BCUT2D eigenvalue weighted by molar-refractivity contribution is 5.96. The van der Waals surface area contributed by atoms with Crippen LogP contribution in [-0.4, -0.2) is 66.5 Å². The van der Waals surface area contributed by atoms with Crippen molar-refractivity contribution in [3.8, 4) is 0 Å². The van der Waals surface area contributed by atoms with Crippen molar-refractivity contribution in [1.82, 2.24) is 15.1 Å². The van der Waals surface area contributed by atoms with Crippen LogP contribution in [0.15, 0.2) is 0 Å². The van der Waals surface area contributed by atoms with Gasteiger partial charge < -0.3 is 14.9 Å². The van der Waals surface area contributed by atoms with Gasteiger partial charge in [-0.25, -0.2) is 4.79 Å². The molecule has 0 rings (SSSR count). The Morgan fingerprint density at radius 2 is 1.67 bits per heavy atom. The number of urea groups is 1. The third-order valence-corrected chi connectivity index (χ3v) is 3.03. The molecular weight excluding hydrogens is 274 g/mol. The van der Waals surface area contributed by atoms with Crippen LogP contribution in [0.5, 0.6) is 0 Å². The predicted molar refractivity (Wildman–Crippen MR) is 80.0 cm³/mol. The number of carbonyl (C=O) groups excluding carboxylic acids is 2. The Morgan fingerprint density at radius 1 is 1.10 bits per heavy atom. The van der Waals surface area contributed by atoms with Crippen LogP contribution in [-0.2, 0) is 9.59 Å². The first-order valence-corrected chi connectivity index (χ1v) is 7.07. The van der Waals surface area contributed by atoms with E-state index >= 15 is 0 Å². The fraction of sp³-hybridized carbons (Fsp3) is 0.786. The number of amides is 3. The largest absolute Gasteiger partial charge is 0.481 e. The second-order valence-electron chi connectivity index (χ2n) is 6.01. The molecule has 0 aromatic carbocycles. The zero-order valence-corrected chi connectivity index (χ0v) is 13.6. The van der Waals surface area contributed by atoms with Crippen LogP contribution in [0.4, 0.5) is 4.79 Å². The van der Waals surface area contributed by atoms with E-state index in [2.05, 4.69) is 5.32 Å². The monoisotopic (exact) mass is 301 g/mol. The smallest absolute Gasteiger partial charge is 0.324 e. The first kappa shape index (κ1) is 19.4. The molecular formula is C14H27N3O4. The molecule has 0 saturated heterocycles. The summed E-state index contributed by atoms with van der Waals surface area (Å²) >= 11 is 0. The number of aliphatic carboxylic acids is 1. The second-order valence-corrected chi connectivity index (χ2v) is 6.01. The van der Waals surface area contributed by atoms with Gasteiger partial charge in [0, 0.05) is 26.1 Å². The van der Waals surface area contributed by atoms with Gasteiger partial charge in [0.2, 0.25) is 5.91 Å². The molecule has 7 nitrogen and oxygen atoms in total. The number of imide groups is 1. The molecule has 0 aromatic rings. The van der Waals surface area contributed by atoms with Gasteiger partial charge in [0.1, 0.15) is 0 Å². The highest BCUT2D eigenvalue weighted by Gasteiger charge is 2.31. The molecule has 2 N–H and O–H groups in total. The minimum Gasteiger partial charge on any atom is -0.481 e. The SMILES string of the molecule is CCCN(CCN(C)C)C(=O)NC(=O)CC(C)(C)C(=O)O. The van der Waals surface area contributed by atoms with E-state index in [1.54, 1.807) is 4.90 Å². The summed E-state index contributed by atoms with van der Waals surface area (Å²) in [4.78, 5) is 38.3. The van der Waals surface area contributed by atoms with Crippen LogP contribution in [0.1, 0.15) is 33.6 Å². The van der Waals surface area contributed by atoms with Crippen LogP contribution < -0.4 is 5.32 Å². The first-order chi connectivity index (χ1) is 9.60. The highest BCUT2D eigenvalue weighted by atomic mass is 16.4. The predicted octanol–water partition coefficient (Wildman–Crippen LogP) is 0.997. The van der Waals surface area contributed by atoms with Crippen LogP contribution in [0.3, 0.4) is 0 Å².